The van der Waals surface area contributed by atoms with E-state index in [1.54, 1.807) is 12.1 Å². The minimum absolute atomic E-state index is 0.125. The van der Waals surface area contributed by atoms with Gasteiger partial charge >= 0.3 is 6.18 Å². The van der Waals surface area contributed by atoms with Crippen LogP contribution in [0.3, 0.4) is 0 Å². The van der Waals surface area contributed by atoms with Gasteiger partial charge in [-0.3, -0.25) is 0 Å². The topological polar surface area (TPSA) is 32.5 Å². The van der Waals surface area contributed by atoms with Crippen molar-refractivity contribution in [2.24, 2.45) is 0 Å². The Morgan fingerprint density at radius 1 is 0.833 bits per heavy atom. The van der Waals surface area contributed by atoms with Crippen molar-refractivity contribution in [1.29, 1.82) is 0 Å². The fraction of sp³-hybridized carbons (Fsp3) is 0.294. The summed E-state index contributed by atoms with van der Waals surface area (Å²) in [7, 11) is 0. The number of nitrogens with two attached hydrogens (primary N) is 1. The number of rotatable bonds is 2. The number of hydrogen-bond donors (Lipinski definition) is 1. The lowest BCUT2D eigenvalue weighted by Gasteiger charge is -2.38. The molecule has 3 nitrogen and oxygen atoms in total. The highest BCUT2D eigenvalue weighted by Gasteiger charge is 2.31. The number of benzene rings is 2. The Morgan fingerprint density at radius 2 is 1.42 bits per heavy atom. The van der Waals surface area contributed by atoms with Crippen LogP contribution < -0.4 is 15.5 Å². The number of alkyl halides is 3. The van der Waals surface area contributed by atoms with Gasteiger partial charge in [0.2, 0.25) is 0 Å². The van der Waals surface area contributed by atoms with Crippen molar-refractivity contribution in [3.8, 4) is 0 Å². The maximum atomic E-state index is 13.0. The first-order valence-corrected chi connectivity index (χ1v) is 7.57. The molecule has 1 saturated heterocycles. The highest BCUT2D eigenvalue weighted by Crippen LogP contribution is 2.34. The van der Waals surface area contributed by atoms with Crippen molar-refractivity contribution in [2.75, 3.05) is 41.7 Å². The largest absolute Gasteiger partial charge is 0.416 e. The molecule has 0 amide bonds. The lowest BCUT2D eigenvalue weighted by molar-refractivity contribution is -0.137. The molecule has 2 aromatic rings. The summed E-state index contributed by atoms with van der Waals surface area (Å²) in [5, 5.41) is 0. The van der Waals surface area contributed by atoms with E-state index in [0.29, 0.717) is 31.9 Å². The van der Waals surface area contributed by atoms with E-state index in [1.165, 1.54) is 18.2 Å². The second-order valence-electron chi connectivity index (χ2n) is 5.72. The van der Waals surface area contributed by atoms with Crippen LogP contribution >= 0.6 is 0 Å². The smallest absolute Gasteiger partial charge is 0.397 e. The van der Waals surface area contributed by atoms with Crippen molar-refractivity contribution in [1.82, 2.24) is 0 Å². The number of hydrogen-bond acceptors (Lipinski definition) is 3. The number of nitrogens with zero attached hydrogens (tertiary/aromatic N) is 2. The zero-order chi connectivity index (χ0) is 17.3. The van der Waals surface area contributed by atoms with Crippen LogP contribution in [0, 0.1) is 5.82 Å². The summed E-state index contributed by atoms with van der Waals surface area (Å²) >= 11 is 0. The Hall–Kier alpha value is -2.44. The van der Waals surface area contributed by atoms with Crippen LogP contribution in [0.1, 0.15) is 5.56 Å². The Bertz CT molecular complexity index is 705. The van der Waals surface area contributed by atoms with E-state index in [0.717, 1.165) is 17.8 Å². The zero-order valence-corrected chi connectivity index (χ0v) is 12.9. The van der Waals surface area contributed by atoms with Gasteiger partial charge < -0.3 is 15.5 Å². The fourth-order valence-corrected chi connectivity index (χ4v) is 2.88. The van der Waals surface area contributed by atoms with Crippen molar-refractivity contribution in [3.63, 3.8) is 0 Å². The van der Waals surface area contributed by atoms with Crippen LogP contribution in [-0.2, 0) is 6.18 Å². The molecule has 0 aromatic heterocycles. The number of halogens is 4. The first kappa shape index (κ1) is 16.4. The minimum Gasteiger partial charge on any atom is -0.397 e. The predicted octanol–water partition coefficient (Wildman–Crippen LogP) is 3.75. The Balaban J connectivity index is 1.69. The summed E-state index contributed by atoms with van der Waals surface area (Å²) in [4.78, 5) is 4.08. The van der Waals surface area contributed by atoms with E-state index < -0.39 is 11.7 Å². The maximum absolute atomic E-state index is 13.0. The van der Waals surface area contributed by atoms with Crippen molar-refractivity contribution >= 4 is 17.1 Å². The Labute approximate surface area is 137 Å². The molecule has 0 unspecified atom stereocenters. The molecule has 0 atom stereocenters. The van der Waals surface area contributed by atoms with Gasteiger partial charge in [0.25, 0.3) is 0 Å². The van der Waals surface area contributed by atoms with E-state index in [1.807, 2.05) is 4.90 Å². The van der Waals surface area contributed by atoms with Crippen LogP contribution in [-0.4, -0.2) is 26.2 Å². The SMILES string of the molecule is Nc1cc(C(F)(F)F)ccc1N1CCN(c2ccc(F)cc2)CC1. The van der Waals surface area contributed by atoms with Gasteiger partial charge in [-0.15, -0.1) is 0 Å². The van der Waals surface area contributed by atoms with Crippen LogP contribution in [0.15, 0.2) is 42.5 Å². The number of nitrogen functional groups attached to an aromatic ring is 1. The second-order valence-corrected chi connectivity index (χ2v) is 5.72. The summed E-state index contributed by atoms with van der Waals surface area (Å²) in [6, 6.07) is 9.71. The summed E-state index contributed by atoms with van der Waals surface area (Å²) in [6.07, 6.45) is -4.39. The lowest BCUT2D eigenvalue weighted by atomic mass is 10.1. The molecule has 0 bridgehead atoms. The zero-order valence-electron chi connectivity index (χ0n) is 12.9. The van der Waals surface area contributed by atoms with Crippen molar-refractivity contribution < 1.29 is 17.6 Å². The quantitative estimate of drug-likeness (QED) is 0.668. The molecule has 2 aromatic carbocycles. The standard InChI is InChI=1S/C17H17F4N3/c18-13-2-4-14(5-3-13)23-7-9-24(10-8-23)16-6-1-12(11-15(16)22)17(19,20)21/h1-6,11H,7-10,22H2. The third-order valence-corrected chi connectivity index (χ3v) is 4.17. The molecule has 7 heteroatoms. The normalized spacial score (nSPS) is 15.7. The average Bonchev–Trinajstić information content (AvgIpc) is 2.55. The summed E-state index contributed by atoms with van der Waals surface area (Å²) in [5.74, 6) is -0.282. The molecule has 2 N–H and O–H groups in total. The van der Waals surface area contributed by atoms with Gasteiger partial charge in [-0.05, 0) is 42.5 Å². The molecule has 24 heavy (non-hydrogen) atoms. The molecule has 128 valence electrons. The third kappa shape index (κ3) is 3.39. The molecular weight excluding hydrogens is 322 g/mol. The lowest BCUT2D eigenvalue weighted by Crippen LogP contribution is -2.46. The van der Waals surface area contributed by atoms with Gasteiger partial charge in [0.05, 0.1) is 16.9 Å². The van der Waals surface area contributed by atoms with Gasteiger partial charge in [-0.2, -0.15) is 13.2 Å². The van der Waals surface area contributed by atoms with Gasteiger partial charge in [-0.25, -0.2) is 4.39 Å². The molecule has 0 spiro atoms. The van der Waals surface area contributed by atoms with Gasteiger partial charge in [0.1, 0.15) is 5.82 Å². The second kappa shape index (κ2) is 6.22. The Kier molecular flexibility index (Phi) is 4.26. The van der Waals surface area contributed by atoms with E-state index >= 15 is 0 Å². The molecule has 0 saturated carbocycles. The summed E-state index contributed by atoms with van der Waals surface area (Å²) in [6.45, 7) is 2.64. The van der Waals surface area contributed by atoms with E-state index in [9.17, 15) is 17.6 Å². The van der Waals surface area contributed by atoms with Gasteiger partial charge in [0, 0.05) is 31.9 Å². The average molecular weight is 339 g/mol. The van der Waals surface area contributed by atoms with Crippen LogP contribution in [0.25, 0.3) is 0 Å². The van der Waals surface area contributed by atoms with Gasteiger partial charge in [0.15, 0.2) is 0 Å². The molecule has 1 aliphatic heterocycles. The fourth-order valence-electron chi connectivity index (χ4n) is 2.88. The molecule has 1 heterocycles. The first-order chi connectivity index (χ1) is 11.3. The minimum atomic E-state index is -4.39. The summed E-state index contributed by atoms with van der Waals surface area (Å²) in [5.41, 5.74) is 6.74. The molecular formula is C17H17F4N3. The van der Waals surface area contributed by atoms with E-state index in [4.69, 9.17) is 5.73 Å². The summed E-state index contributed by atoms with van der Waals surface area (Å²) < 4.78 is 51.1. The van der Waals surface area contributed by atoms with Gasteiger partial charge in [-0.1, -0.05) is 0 Å². The van der Waals surface area contributed by atoms with E-state index in [2.05, 4.69) is 4.90 Å². The third-order valence-electron chi connectivity index (χ3n) is 4.17. The monoisotopic (exact) mass is 339 g/mol. The molecule has 1 aliphatic rings. The van der Waals surface area contributed by atoms with Crippen LogP contribution in [0.4, 0.5) is 34.6 Å². The van der Waals surface area contributed by atoms with Crippen LogP contribution in [0.5, 0.6) is 0 Å². The molecule has 1 fully saturated rings. The van der Waals surface area contributed by atoms with Crippen LogP contribution in [0.2, 0.25) is 0 Å². The maximum Gasteiger partial charge on any atom is 0.416 e. The van der Waals surface area contributed by atoms with E-state index in [-0.39, 0.29) is 11.5 Å². The first-order valence-electron chi connectivity index (χ1n) is 7.57. The number of anilines is 3. The highest BCUT2D eigenvalue weighted by molar-refractivity contribution is 5.69. The highest BCUT2D eigenvalue weighted by atomic mass is 19.4. The number of piperazine rings is 1. The van der Waals surface area contributed by atoms with Crippen molar-refractivity contribution in [2.45, 2.75) is 6.18 Å². The van der Waals surface area contributed by atoms with Crippen molar-refractivity contribution in [3.05, 3.63) is 53.8 Å². The Morgan fingerprint density at radius 3 is 1.96 bits per heavy atom. The molecule has 0 radical (unpaired) electrons. The predicted molar refractivity (Wildman–Crippen MR) is 86.7 cm³/mol. The molecule has 0 aliphatic carbocycles. The molecule has 3 rings (SSSR count).